The molecule has 1 aromatic carbocycles. The van der Waals surface area contributed by atoms with Crippen LogP contribution in [0.2, 0.25) is 0 Å². The predicted molar refractivity (Wildman–Crippen MR) is 83.8 cm³/mol. The van der Waals surface area contributed by atoms with Crippen molar-refractivity contribution in [3.8, 4) is 0 Å². The van der Waals surface area contributed by atoms with Crippen molar-refractivity contribution >= 4 is 33.2 Å². The number of hydrogen-bond donors (Lipinski definition) is 2. The van der Waals surface area contributed by atoms with Gasteiger partial charge in [0.05, 0.1) is 11.4 Å². The Labute approximate surface area is 126 Å². The first kappa shape index (κ1) is 14.6. The second kappa shape index (κ2) is 5.66. The number of halogens is 1. The summed E-state index contributed by atoms with van der Waals surface area (Å²) in [7, 11) is 1.83. The molecule has 0 aliphatic heterocycles. The summed E-state index contributed by atoms with van der Waals surface area (Å²) in [6.45, 7) is 3.83. The van der Waals surface area contributed by atoms with Crippen molar-refractivity contribution in [2.45, 2.75) is 20.3 Å². The molecule has 20 heavy (non-hydrogen) atoms. The van der Waals surface area contributed by atoms with Gasteiger partial charge in [-0.25, -0.2) is 0 Å². The number of hydrogen-bond acceptors (Lipinski definition) is 3. The predicted octanol–water partition coefficient (Wildman–Crippen LogP) is 2.89. The highest BCUT2D eigenvalue weighted by molar-refractivity contribution is 9.10. The Morgan fingerprint density at radius 3 is 2.85 bits per heavy atom. The fraction of sp³-hybridized carbons (Fsp3) is 0.286. The molecule has 0 unspecified atom stereocenters. The van der Waals surface area contributed by atoms with Crippen LogP contribution in [-0.4, -0.2) is 15.7 Å². The molecule has 0 atom stereocenters. The second-order valence-electron chi connectivity index (χ2n) is 4.64. The molecule has 0 saturated heterocycles. The zero-order valence-electron chi connectivity index (χ0n) is 11.7. The van der Waals surface area contributed by atoms with Crippen LogP contribution in [0, 0.1) is 6.92 Å². The summed E-state index contributed by atoms with van der Waals surface area (Å²) in [5.41, 5.74) is 9.40. The van der Waals surface area contributed by atoms with Gasteiger partial charge in [0, 0.05) is 29.0 Å². The van der Waals surface area contributed by atoms with Gasteiger partial charge in [-0.05, 0) is 31.0 Å². The van der Waals surface area contributed by atoms with Gasteiger partial charge in [0.15, 0.2) is 0 Å². The number of anilines is 2. The third kappa shape index (κ3) is 2.85. The van der Waals surface area contributed by atoms with E-state index in [4.69, 9.17) is 5.73 Å². The minimum atomic E-state index is -0.182. The van der Waals surface area contributed by atoms with Crippen molar-refractivity contribution in [1.29, 1.82) is 0 Å². The molecule has 2 aromatic rings. The lowest BCUT2D eigenvalue weighted by molar-refractivity contribution is 0.102. The molecule has 0 aliphatic carbocycles. The Bertz CT molecular complexity index is 663. The molecule has 1 amide bonds. The van der Waals surface area contributed by atoms with Crippen LogP contribution in [0.4, 0.5) is 11.4 Å². The number of nitrogens with two attached hydrogens (primary N) is 1. The van der Waals surface area contributed by atoms with Gasteiger partial charge >= 0.3 is 0 Å². The highest BCUT2D eigenvalue weighted by Gasteiger charge is 2.15. The van der Waals surface area contributed by atoms with Gasteiger partial charge in [-0.15, -0.1) is 0 Å². The van der Waals surface area contributed by atoms with Crippen molar-refractivity contribution in [2.75, 3.05) is 11.1 Å². The molecule has 0 saturated carbocycles. The van der Waals surface area contributed by atoms with E-state index in [2.05, 4.69) is 26.3 Å². The maximum Gasteiger partial charge on any atom is 0.256 e. The van der Waals surface area contributed by atoms with Crippen LogP contribution >= 0.6 is 15.9 Å². The van der Waals surface area contributed by atoms with Gasteiger partial charge in [-0.3, -0.25) is 9.48 Å². The van der Waals surface area contributed by atoms with Crippen LogP contribution in [0.5, 0.6) is 0 Å². The molecule has 6 heteroatoms. The first-order chi connectivity index (χ1) is 9.42. The molecule has 0 aliphatic rings. The van der Waals surface area contributed by atoms with Crippen LogP contribution in [0.3, 0.4) is 0 Å². The number of carbonyl (C=O) groups excluding carboxylic acids is 1. The molecule has 5 nitrogen and oxygen atoms in total. The number of nitrogens with one attached hydrogen (secondary N) is 1. The minimum absolute atomic E-state index is 0.182. The van der Waals surface area contributed by atoms with Gasteiger partial charge < -0.3 is 11.1 Å². The Morgan fingerprint density at radius 1 is 1.50 bits per heavy atom. The number of aromatic nitrogens is 2. The highest BCUT2D eigenvalue weighted by Crippen LogP contribution is 2.24. The fourth-order valence-corrected chi connectivity index (χ4v) is 2.50. The molecule has 0 fully saturated rings. The van der Waals surface area contributed by atoms with Gasteiger partial charge in [-0.1, -0.05) is 22.9 Å². The molecule has 1 heterocycles. The first-order valence-corrected chi connectivity index (χ1v) is 7.11. The van der Waals surface area contributed by atoms with E-state index < -0.39 is 0 Å². The number of aryl methyl sites for hydroxylation is 2. The average molecular weight is 337 g/mol. The monoisotopic (exact) mass is 336 g/mol. The third-order valence-electron chi connectivity index (χ3n) is 3.15. The van der Waals surface area contributed by atoms with Crippen LogP contribution < -0.4 is 11.1 Å². The van der Waals surface area contributed by atoms with E-state index in [9.17, 15) is 4.79 Å². The van der Waals surface area contributed by atoms with Crippen LogP contribution in [0.1, 0.15) is 28.5 Å². The quantitative estimate of drug-likeness (QED) is 0.846. The topological polar surface area (TPSA) is 72.9 Å². The molecule has 2 rings (SSSR count). The van der Waals surface area contributed by atoms with Crippen molar-refractivity contribution in [1.82, 2.24) is 9.78 Å². The molecule has 0 radical (unpaired) electrons. The summed E-state index contributed by atoms with van der Waals surface area (Å²) >= 11 is 3.36. The maximum absolute atomic E-state index is 12.4. The van der Waals surface area contributed by atoms with E-state index in [1.54, 1.807) is 23.0 Å². The molecule has 0 spiro atoms. The van der Waals surface area contributed by atoms with E-state index in [1.807, 2.05) is 20.9 Å². The van der Waals surface area contributed by atoms with Gasteiger partial charge in [0.1, 0.15) is 0 Å². The van der Waals surface area contributed by atoms with E-state index in [0.717, 1.165) is 27.8 Å². The van der Waals surface area contributed by atoms with E-state index in [1.165, 1.54) is 0 Å². The van der Waals surface area contributed by atoms with Gasteiger partial charge in [0.25, 0.3) is 5.91 Å². The Hall–Kier alpha value is -1.82. The average Bonchev–Trinajstić information content (AvgIpc) is 2.73. The Kier molecular flexibility index (Phi) is 4.13. The maximum atomic E-state index is 12.4. The number of benzene rings is 1. The smallest absolute Gasteiger partial charge is 0.256 e. The zero-order chi connectivity index (χ0) is 14.9. The van der Waals surface area contributed by atoms with Crippen LogP contribution in [0.25, 0.3) is 0 Å². The van der Waals surface area contributed by atoms with Crippen molar-refractivity contribution in [3.05, 3.63) is 39.6 Å². The number of nitrogen functional groups attached to an aromatic ring is 1. The largest absolute Gasteiger partial charge is 0.398 e. The lowest BCUT2D eigenvalue weighted by Crippen LogP contribution is -2.15. The summed E-state index contributed by atoms with van der Waals surface area (Å²) in [5.74, 6) is -0.182. The second-order valence-corrected chi connectivity index (χ2v) is 5.55. The SMILES string of the molecule is CCc1nn(C)cc1NC(=O)c1cc(Br)cc(N)c1C. The standard InChI is InChI=1S/C14H17BrN4O/c1-4-12-13(7-19(3)18-12)17-14(20)10-5-9(15)6-11(16)8(10)2/h5-7H,4,16H2,1-3H3,(H,17,20). The lowest BCUT2D eigenvalue weighted by Gasteiger charge is -2.10. The summed E-state index contributed by atoms with van der Waals surface area (Å²) in [6, 6.07) is 3.55. The van der Waals surface area contributed by atoms with Crippen LogP contribution in [-0.2, 0) is 13.5 Å². The summed E-state index contributed by atoms with van der Waals surface area (Å²) < 4.78 is 2.48. The van der Waals surface area contributed by atoms with E-state index in [0.29, 0.717) is 11.3 Å². The van der Waals surface area contributed by atoms with Crippen molar-refractivity contribution in [2.24, 2.45) is 7.05 Å². The molecular weight excluding hydrogens is 320 g/mol. The van der Waals surface area contributed by atoms with Crippen molar-refractivity contribution in [3.63, 3.8) is 0 Å². The van der Waals surface area contributed by atoms with Gasteiger partial charge in [-0.2, -0.15) is 5.10 Å². The van der Waals surface area contributed by atoms with Crippen molar-refractivity contribution < 1.29 is 4.79 Å². The molecule has 106 valence electrons. The Balaban J connectivity index is 2.33. The van der Waals surface area contributed by atoms with Gasteiger partial charge in [0.2, 0.25) is 0 Å². The first-order valence-electron chi connectivity index (χ1n) is 6.31. The normalized spacial score (nSPS) is 10.6. The summed E-state index contributed by atoms with van der Waals surface area (Å²) in [6.07, 6.45) is 2.56. The summed E-state index contributed by atoms with van der Waals surface area (Å²) in [5, 5.41) is 7.20. The molecule has 0 bridgehead atoms. The van der Waals surface area contributed by atoms with E-state index in [-0.39, 0.29) is 5.91 Å². The third-order valence-corrected chi connectivity index (χ3v) is 3.60. The number of carbonyl (C=O) groups is 1. The highest BCUT2D eigenvalue weighted by atomic mass is 79.9. The number of nitrogens with zero attached hydrogens (tertiary/aromatic N) is 2. The summed E-state index contributed by atoms with van der Waals surface area (Å²) in [4.78, 5) is 12.4. The molecule has 3 N–H and O–H groups in total. The number of amides is 1. The fourth-order valence-electron chi connectivity index (χ4n) is 2.03. The molecule has 1 aromatic heterocycles. The minimum Gasteiger partial charge on any atom is -0.398 e. The Morgan fingerprint density at radius 2 is 2.20 bits per heavy atom. The van der Waals surface area contributed by atoms with E-state index >= 15 is 0 Å². The lowest BCUT2D eigenvalue weighted by atomic mass is 10.1. The zero-order valence-corrected chi connectivity index (χ0v) is 13.3. The number of rotatable bonds is 3. The van der Waals surface area contributed by atoms with Crippen LogP contribution in [0.15, 0.2) is 22.8 Å². The molecular formula is C14H17BrN4O.